The highest BCUT2D eigenvalue weighted by Gasteiger charge is 2.35. The fraction of sp³-hybridized carbons (Fsp3) is 0.533. The molecule has 0 unspecified atom stereocenters. The lowest BCUT2D eigenvalue weighted by atomic mass is 9.76. The van der Waals surface area contributed by atoms with Crippen molar-refractivity contribution in [2.45, 2.75) is 45.4 Å². The fourth-order valence-electron chi connectivity index (χ4n) is 2.48. The molecule has 0 atom stereocenters. The smallest absolute Gasteiger partial charge is 0.227 e. The number of hydrogen-bond acceptors (Lipinski definition) is 1. The van der Waals surface area contributed by atoms with Gasteiger partial charge in [-0.2, -0.15) is 0 Å². The maximum absolute atomic E-state index is 12.0. The van der Waals surface area contributed by atoms with Crippen molar-refractivity contribution in [2.24, 2.45) is 0 Å². The molecule has 1 aromatic rings. The average Bonchev–Trinajstić information content (AvgIpc) is 2.25. The van der Waals surface area contributed by atoms with Gasteiger partial charge in [0.1, 0.15) is 0 Å². The molecule has 0 aliphatic carbocycles. The predicted molar refractivity (Wildman–Crippen MR) is 71.6 cm³/mol. The first kappa shape index (κ1) is 12.2. The molecule has 0 radical (unpaired) electrons. The van der Waals surface area contributed by atoms with E-state index in [2.05, 4.69) is 45.9 Å². The van der Waals surface area contributed by atoms with Crippen LogP contribution in [0.4, 0.5) is 5.69 Å². The number of carbonyl (C=O) groups is 1. The monoisotopic (exact) mass is 231 g/mol. The van der Waals surface area contributed by atoms with Crippen LogP contribution in [0.1, 0.15) is 51.2 Å². The van der Waals surface area contributed by atoms with Crippen LogP contribution < -0.4 is 4.90 Å². The summed E-state index contributed by atoms with van der Waals surface area (Å²) in [4.78, 5) is 13.8. The number of anilines is 1. The average molecular weight is 231 g/mol. The lowest BCUT2D eigenvalue weighted by Gasteiger charge is -2.37. The Kier molecular flexibility index (Phi) is 2.76. The second-order valence-corrected chi connectivity index (χ2v) is 5.94. The summed E-state index contributed by atoms with van der Waals surface area (Å²) in [5.74, 6) is 0.706. The molecule has 2 rings (SSSR count). The van der Waals surface area contributed by atoms with Gasteiger partial charge >= 0.3 is 0 Å². The minimum atomic E-state index is -0.0472. The third kappa shape index (κ3) is 1.97. The zero-order valence-corrected chi connectivity index (χ0v) is 11.4. The van der Waals surface area contributed by atoms with E-state index < -0.39 is 0 Å². The largest absolute Gasteiger partial charge is 0.315 e. The maximum Gasteiger partial charge on any atom is 0.227 e. The summed E-state index contributed by atoms with van der Waals surface area (Å²) in [5, 5.41) is 0. The van der Waals surface area contributed by atoms with E-state index in [9.17, 15) is 4.79 Å². The Bertz CT molecular complexity index is 460. The number of fused-ring (bicyclic) bond motifs is 1. The Morgan fingerprint density at radius 1 is 1.29 bits per heavy atom. The summed E-state index contributed by atoms with van der Waals surface area (Å²) in [5.41, 5.74) is 3.61. The first-order chi connectivity index (χ1) is 7.83. The van der Waals surface area contributed by atoms with E-state index >= 15 is 0 Å². The van der Waals surface area contributed by atoms with Crippen molar-refractivity contribution in [1.82, 2.24) is 0 Å². The van der Waals surface area contributed by atoms with Gasteiger partial charge in [-0.1, -0.05) is 39.8 Å². The molecule has 1 amide bonds. The molecule has 1 heterocycles. The van der Waals surface area contributed by atoms with Crippen molar-refractivity contribution in [1.29, 1.82) is 0 Å². The van der Waals surface area contributed by atoms with E-state index in [1.165, 1.54) is 11.1 Å². The Balaban J connectivity index is 2.59. The minimum Gasteiger partial charge on any atom is -0.315 e. The third-order valence-electron chi connectivity index (χ3n) is 3.75. The Morgan fingerprint density at radius 3 is 2.53 bits per heavy atom. The number of hydrogen-bond donors (Lipinski definition) is 0. The number of nitrogens with zero attached hydrogens (tertiary/aromatic N) is 1. The summed E-state index contributed by atoms with van der Waals surface area (Å²) in [6.07, 6.45) is 0.595. The second kappa shape index (κ2) is 3.86. The van der Waals surface area contributed by atoms with Crippen molar-refractivity contribution in [3.63, 3.8) is 0 Å². The highest BCUT2D eigenvalue weighted by atomic mass is 16.2. The van der Waals surface area contributed by atoms with Gasteiger partial charge in [0.2, 0.25) is 5.91 Å². The molecule has 0 spiro atoms. The molecule has 0 saturated heterocycles. The predicted octanol–water partition coefficient (Wildman–Crippen LogP) is 3.45. The third-order valence-corrected chi connectivity index (χ3v) is 3.75. The molecule has 2 heteroatoms. The van der Waals surface area contributed by atoms with Crippen LogP contribution in [0.2, 0.25) is 0 Å². The summed E-state index contributed by atoms with van der Waals surface area (Å²) < 4.78 is 0. The number of carbonyl (C=O) groups excluding carboxylic acids is 1. The van der Waals surface area contributed by atoms with Gasteiger partial charge in [0.05, 0.1) is 0 Å². The van der Waals surface area contributed by atoms with Crippen LogP contribution in [0, 0.1) is 0 Å². The fourth-order valence-corrected chi connectivity index (χ4v) is 2.48. The second-order valence-electron chi connectivity index (χ2n) is 5.94. The highest BCUT2D eigenvalue weighted by molar-refractivity contribution is 5.97. The van der Waals surface area contributed by atoms with Gasteiger partial charge in [-0.05, 0) is 23.1 Å². The molecule has 1 aromatic carbocycles. The number of amides is 1. The SMILES string of the molecule is CC(C)c1ccc2c(c1)N(C)C(=O)CC2(C)C. The van der Waals surface area contributed by atoms with Crippen LogP contribution in [-0.2, 0) is 10.2 Å². The lowest BCUT2D eigenvalue weighted by Crippen LogP contribution is -2.39. The van der Waals surface area contributed by atoms with Gasteiger partial charge in [-0.25, -0.2) is 0 Å². The molecule has 0 aromatic heterocycles. The first-order valence-electron chi connectivity index (χ1n) is 6.24. The van der Waals surface area contributed by atoms with E-state index in [1.54, 1.807) is 4.90 Å². The first-order valence-corrected chi connectivity index (χ1v) is 6.24. The molecule has 0 fully saturated rings. The van der Waals surface area contributed by atoms with Crippen LogP contribution in [0.5, 0.6) is 0 Å². The molecule has 1 aliphatic rings. The molecule has 0 N–H and O–H groups in total. The molecule has 0 bridgehead atoms. The van der Waals surface area contributed by atoms with Crippen molar-refractivity contribution in [2.75, 3.05) is 11.9 Å². The van der Waals surface area contributed by atoms with Crippen LogP contribution in [-0.4, -0.2) is 13.0 Å². The lowest BCUT2D eigenvalue weighted by molar-refractivity contribution is -0.119. The molecule has 0 saturated carbocycles. The molecule has 1 aliphatic heterocycles. The van der Waals surface area contributed by atoms with Crippen molar-refractivity contribution < 1.29 is 4.79 Å². The van der Waals surface area contributed by atoms with Crippen LogP contribution >= 0.6 is 0 Å². The van der Waals surface area contributed by atoms with Crippen molar-refractivity contribution in [3.05, 3.63) is 29.3 Å². The molecular weight excluding hydrogens is 210 g/mol. The molecule has 17 heavy (non-hydrogen) atoms. The van der Waals surface area contributed by atoms with E-state index in [0.717, 1.165) is 5.69 Å². The summed E-state index contributed by atoms with van der Waals surface area (Å²) in [7, 11) is 1.88. The van der Waals surface area contributed by atoms with Gasteiger partial charge in [0, 0.05) is 24.6 Å². The number of benzene rings is 1. The van der Waals surface area contributed by atoms with Crippen molar-refractivity contribution in [3.8, 4) is 0 Å². The van der Waals surface area contributed by atoms with Crippen LogP contribution in [0.25, 0.3) is 0 Å². The normalized spacial score (nSPS) is 18.5. The topological polar surface area (TPSA) is 20.3 Å². The van der Waals surface area contributed by atoms with E-state index in [4.69, 9.17) is 0 Å². The minimum absolute atomic E-state index is 0.0472. The summed E-state index contributed by atoms with van der Waals surface area (Å²) >= 11 is 0. The summed E-state index contributed by atoms with van der Waals surface area (Å²) in [6.45, 7) is 8.65. The quantitative estimate of drug-likeness (QED) is 0.725. The van der Waals surface area contributed by atoms with Gasteiger partial charge in [0.25, 0.3) is 0 Å². The highest BCUT2D eigenvalue weighted by Crippen LogP contribution is 2.40. The molecule has 2 nitrogen and oxygen atoms in total. The van der Waals surface area contributed by atoms with Crippen LogP contribution in [0.3, 0.4) is 0 Å². The number of rotatable bonds is 1. The van der Waals surface area contributed by atoms with E-state index in [0.29, 0.717) is 12.3 Å². The summed E-state index contributed by atoms with van der Waals surface area (Å²) in [6, 6.07) is 6.54. The Morgan fingerprint density at radius 2 is 1.94 bits per heavy atom. The van der Waals surface area contributed by atoms with Gasteiger partial charge in [-0.15, -0.1) is 0 Å². The Hall–Kier alpha value is -1.31. The van der Waals surface area contributed by atoms with Gasteiger partial charge in [0.15, 0.2) is 0 Å². The molecule has 92 valence electrons. The standard InChI is InChI=1S/C15H21NO/c1-10(2)11-6-7-12-13(8-11)16(5)14(17)9-15(12,3)4/h6-8,10H,9H2,1-5H3. The zero-order chi connectivity index (χ0) is 12.8. The van der Waals surface area contributed by atoms with Gasteiger partial charge in [-0.3, -0.25) is 4.79 Å². The van der Waals surface area contributed by atoms with Crippen LogP contribution in [0.15, 0.2) is 18.2 Å². The van der Waals surface area contributed by atoms with Crippen molar-refractivity contribution >= 4 is 11.6 Å². The van der Waals surface area contributed by atoms with Gasteiger partial charge < -0.3 is 4.90 Å². The van der Waals surface area contributed by atoms with E-state index in [1.807, 2.05) is 7.05 Å². The molecular formula is C15H21NO. The maximum atomic E-state index is 12.0. The van der Waals surface area contributed by atoms with E-state index in [-0.39, 0.29) is 11.3 Å². The zero-order valence-electron chi connectivity index (χ0n) is 11.4. The Labute approximate surface area is 104 Å².